The predicted octanol–water partition coefficient (Wildman–Crippen LogP) is 3.82. The van der Waals surface area contributed by atoms with Gasteiger partial charge in [0, 0.05) is 42.4 Å². The topological polar surface area (TPSA) is 49.4 Å². The standard InChI is InChI=1S/C20H23ClN2O2S/c21-17-6-4-15(5-7-17)2-1-3-19(24)22-11-8-20(25)23-12-9-18-16(14-23)10-13-26-18/h4-7,10,13H,1-3,8-9,11-12,14H2,(H,22,24). The summed E-state index contributed by atoms with van der Waals surface area (Å²) in [5, 5.41) is 5.67. The SMILES string of the molecule is O=C(CCCc1ccc(Cl)cc1)NCCC(=O)N1CCc2sccc2C1. The van der Waals surface area contributed by atoms with Gasteiger partial charge in [-0.1, -0.05) is 23.7 Å². The smallest absolute Gasteiger partial charge is 0.224 e. The molecule has 0 bridgehead atoms. The molecule has 0 fully saturated rings. The Hall–Kier alpha value is -1.85. The van der Waals surface area contributed by atoms with Crippen LogP contribution in [0.3, 0.4) is 0 Å². The van der Waals surface area contributed by atoms with Crippen LogP contribution in [0.1, 0.15) is 35.3 Å². The van der Waals surface area contributed by atoms with Crippen molar-refractivity contribution < 1.29 is 9.59 Å². The molecule has 1 aliphatic rings. The van der Waals surface area contributed by atoms with Gasteiger partial charge in [0.2, 0.25) is 11.8 Å². The maximum absolute atomic E-state index is 12.3. The molecule has 1 aliphatic heterocycles. The number of nitrogens with zero attached hydrogens (tertiary/aromatic N) is 1. The number of benzene rings is 1. The number of fused-ring (bicyclic) bond motifs is 1. The summed E-state index contributed by atoms with van der Waals surface area (Å²) in [4.78, 5) is 27.5. The third kappa shape index (κ3) is 5.32. The van der Waals surface area contributed by atoms with Crippen LogP contribution < -0.4 is 5.32 Å². The maximum Gasteiger partial charge on any atom is 0.224 e. The van der Waals surface area contributed by atoms with Crippen molar-refractivity contribution in [1.29, 1.82) is 0 Å². The lowest BCUT2D eigenvalue weighted by Crippen LogP contribution is -2.37. The largest absolute Gasteiger partial charge is 0.356 e. The van der Waals surface area contributed by atoms with Crippen LogP contribution in [0, 0.1) is 0 Å². The number of thiophene rings is 1. The van der Waals surface area contributed by atoms with E-state index in [-0.39, 0.29) is 11.8 Å². The first kappa shape index (κ1) is 18.9. The van der Waals surface area contributed by atoms with Crippen molar-refractivity contribution in [1.82, 2.24) is 10.2 Å². The second kappa shape index (κ2) is 9.19. The minimum absolute atomic E-state index is 0.00512. The third-order valence-electron chi connectivity index (χ3n) is 4.60. The van der Waals surface area contributed by atoms with Gasteiger partial charge in [-0.2, -0.15) is 0 Å². The number of nitrogens with one attached hydrogen (secondary N) is 1. The Bertz CT molecular complexity index is 757. The Morgan fingerprint density at radius 2 is 1.96 bits per heavy atom. The van der Waals surface area contributed by atoms with Crippen LogP contribution >= 0.6 is 22.9 Å². The van der Waals surface area contributed by atoms with Crippen LogP contribution in [-0.2, 0) is 29.0 Å². The number of hydrogen-bond donors (Lipinski definition) is 1. The van der Waals surface area contributed by atoms with Crippen molar-refractivity contribution in [3.05, 3.63) is 56.7 Å². The van der Waals surface area contributed by atoms with Gasteiger partial charge in [0.25, 0.3) is 0 Å². The van der Waals surface area contributed by atoms with Gasteiger partial charge in [0.15, 0.2) is 0 Å². The lowest BCUT2D eigenvalue weighted by molar-refractivity contribution is -0.132. The van der Waals surface area contributed by atoms with Crippen LogP contribution in [-0.4, -0.2) is 29.8 Å². The van der Waals surface area contributed by atoms with E-state index < -0.39 is 0 Å². The number of amides is 2. The van der Waals surface area contributed by atoms with Crippen LogP contribution in [0.2, 0.25) is 5.02 Å². The molecule has 3 rings (SSSR count). The first-order chi connectivity index (χ1) is 12.6. The zero-order valence-corrected chi connectivity index (χ0v) is 16.2. The highest BCUT2D eigenvalue weighted by molar-refractivity contribution is 7.10. The summed E-state index contributed by atoms with van der Waals surface area (Å²) in [5.41, 5.74) is 2.44. The van der Waals surface area contributed by atoms with E-state index >= 15 is 0 Å². The van der Waals surface area contributed by atoms with Gasteiger partial charge in [0.05, 0.1) is 0 Å². The summed E-state index contributed by atoms with van der Waals surface area (Å²) in [5.74, 6) is 0.119. The lowest BCUT2D eigenvalue weighted by atomic mass is 10.1. The number of aryl methyl sites for hydroxylation is 1. The molecule has 1 aromatic carbocycles. The molecule has 1 aromatic heterocycles. The molecule has 26 heavy (non-hydrogen) atoms. The molecule has 1 N–H and O–H groups in total. The Labute approximate surface area is 163 Å². The molecule has 0 unspecified atom stereocenters. The van der Waals surface area contributed by atoms with Gasteiger partial charge >= 0.3 is 0 Å². The van der Waals surface area contributed by atoms with E-state index in [1.54, 1.807) is 11.3 Å². The Morgan fingerprint density at radius 1 is 1.15 bits per heavy atom. The third-order valence-corrected chi connectivity index (χ3v) is 5.88. The fraction of sp³-hybridized carbons (Fsp3) is 0.400. The molecule has 2 heterocycles. The van der Waals surface area contributed by atoms with Gasteiger partial charge in [-0.15, -0.1) is 11.3 Å². The molecular formula is C20H23ClN2O2S. The highest BCUT2D eigenvalue weighted by Gasteiger charge is 2.21. The van der Waals surface area contributed by atoms with Crippen molar-refractivity contribution in [3.63, 3.8) is 0 Å². The molecule has 0 saturated heterocycles. The van der Waals surface area contributed by atoms with Crippen molar-refractivity contribution >= 4 is 34.8 Å². The van der Waals surface area contributed by atoms with E-state index in [4.69, 9.17) is 11.6 Å². The highest BCUT2D eigenvalue weighted by Crippen LogP contribution is 2.24. The quantitative estimate of drug-likeness (QED) is 0.781. The Balaban J connectivity index is 1.31. The predicted molar refractivity (Wildman–Crippen MR) is 105 cm³/mol. The van der Waals surface area contributed by atoms with Crippen LogP contribution in [0.15, 0.2) is 35.7 Å². The average molecular weight is 391 g/mol. The second-order valence-electron chi connectivity index (χ2n) is 6.51. The number of hydrogen-bond acceptors (Lipinski definition) is 3. The normalized spacial score (nSPS) is 13.3. The van der Waals surface area contributed by atoms with Crippen molar-refractivity contribution in [2.24, 2.45) is 0 Å². The van der Waals surface area contributed by atoms with Crippen LogP contribution in [0.4, 0.5) is 0 Å². The summed E-state index contributed by atoms with van der Waals surface area (Å²) in [7, 11) is 0. The van der Waals surface area contributed by atoms with Crippen molar-refractivity contribution in [2.45, 2.75) is 38.6 Å². The monoisotopic (exact) mass is 390 g/mol. The molecule has 6 heteroatoms. The Kier molecular flexibility index (Phi) is 6.69. The fourth-order valence-electron chi connectivity index (χ4n) is 3.12. The maximum atomic E-state index is 12.3. The van der Waals surface area contributed by atoms with E-state index in [1.165, 1.54) is 16.0 Å². The van der Waals surface area contributed by atoms with Crippen molar-refractivity contribution in [2.75, 3.05) is 13.1 Å². The van der Waals surface area contributed by atoms with Gasteiger partial charge in [-0.3, -0.25) is 9.59 Å². The number of carbonyl (C=O) groups excluding carboxylic acids is 2. The zero-order chi connectivity index (χ0) is 18.4. The average Bonchev–Trinajstić information content (AvgIpc) is 3.11. The summed E-state index contributed by atoms with van der Waals surface area (Å²) in [6, 6.07) is 9.79. The molecule has 138 valence electrons. The molecule has 0 spiro atoms. The summed E-state index contributed by atoms with van der Waals surface area (Å²) in [6.07, 6.45) is 3.41. The number of rotatable bonds is 7. The minimum atomic E-state index is 0.00512. The molecule has 0 aliphatic carbocycles. The Morgan fingerprint density at radius 3 is 2.77 bits per heavy atom. The van der Waals surface area contributed by atoms with Gasteiger partial charge < -0.3 is 10.2 Å². The molecule has 4 nitrogen and oxygen atoms in total. The zero-order valence-electron chi connectivity index (χ0n) is 14.7. The molecule has 2 aromatic rings. The molecule has 2 amide bonds. The second-order valence-corrected chi connectivity index (χ2v) is 7.95. The molecular weight excluding hydrogens is 368 g/mol. The minimum Gasteiger partial charge on any atom is -0.356 e. The van der Waals surface area contributed by atoms with E-state index in [9.17, 15) is 9.59 Å². The highest BCUT2D eigenvalue weighted by atomic mass is 35.5. The van der Waals surface area contributed by atoms with E-state index in [2.05, 4.69) is 16.8 Å². The number of carbonyl (C=O) groups is 2. The fourth-order valence-corrected chi connectivity index (χ4v) is 4.14. The molecule has 0 saturated carbocycles. The van der Waals surface area contributed by atoms with Gasteiger partial charge in [-0.25, -0.2) is 0 Å². The number of halogens is 1. The van der Waals surface area contributed by atoms with Crippen molar-refractivity contribution in [3.8, 4) is 0 Å². The van der Waals surface area contributed by atoms with Crippen LogP contribution in [0.5, 0.6) is 0 Å². The van der Waals surface area contributed by atoms with E-state index in [0.29, 0.717) is 25.9 Å². The molecule has 0 atom stereocenters. The first-order valence-electron chi connectivity index (χ1n) is 8.96. The van der Waals surface area contributed by atoms with Gasteiger partial charge in [-0.05, 0) is 54.0 Å². The molecule has 0 radical (unpaired) electrons. The summed E-state index contributed by atoms with van der Waals surface area (Å²) in [6.45, 7) is 1.89. The van der Waals surface area contributed by atoms with E-state index in [0.717, 1.165) is 30.8 Å². The summed E-state index contributed by atoms with van der Waals surface area (Å²) < 4.78 is 0. The first-order valence-corrected chi connectivity index (χ1v) is 10.2. The van der Waals surface area contributed by atoms with Crippen LogP contribution in [0.25, 0.3) is 0 Å². The lowest BCUT2D eigenvalue weighted by Gasteiger charge is -2.27. The summed E-state index contributed by atoms with van der Waals surface area (Å²) >= 11 is 7.63. The van der Waals surface area contributed by atoms with Gasteiger partial charge in [0.1, 0.15) is 0 Å². The van der Waals surface area contributed by atoms with E-state index in [1.807, 2.05) is 29.2 Å².